The summed E-state index contributed by atoms with van der Waals surface area (Å²) in [5, 5.41) is 9.35. The van der Waals surface area contributed by atoms with E-state index < -0.39 is 35.3 Å². The molecule has 1 saturated heterocycles. The molecule has 0 N–H and O–H groups in total. The molecule has 0 radical (unpaired) electrons. The molecule has 1 fully saturated rings. The SMILES string of the molecule is N#C[C@@H](C(=O)[C@H]1CC(=O)N(c2cccc(C(F)(F)F)c2)C1)c1ccccn1. The lowest BCUT2D eigenvalue weighted by molar-refractivity contribution is -0.137. The number of carbonyl (C=O) groups excluding carboxylic acids is 2. The summed E-state index contributed by atoms with van der Waals surface area (Å²) in [6, 6.07) is 11.1. The van der Waals surface area contributed by atoms with Crippen molar-refractivity contribution in [2.45, 2.75) is 18.5 Å². The molecule has 0 saturated carbocycles. The Morgan fingerprint density at radius 1 is 1.26 bits per heavy atom. The first-order valence-corrected chi connectivity index (χ1v) is 8.13. The normalized spacial score (nSPS) is 18.2. The molecule has 138 valence electrons. The van der Waals surface area contributed by atoms with Gasteiger partial charge in [-0.15, -0.1) is 0 Å². The number of rotatable bonds is 4. The van der Waals surface area contributed by atoms with Gasteiger partial charge in [0, 0.05) is 30.8 Å². The second kappa shape index (κ2) is 7.19. The number of amides is 1. The number of benzene rings is 1. The summed E-state index contributed by atoms with van der Waals surface area (Å²) in [5.41, 5.74) is -0.502. The van der Waals surface area contributed by atoms with Crippen LogP contribution in [0.1, 0.15) is 23.6 Å². The molecule has 2 atom stereocenters. The molecular formula is C19H14F3N3O2. The molecule has 1 aliphatic heterocycles. The minimum atomic E-state index is -4.53. The number of nitriles is 1. The van der Waals surface area contributed by atoms with Gasteiger partial charge < -0.3 is 4.90 Å². The van der Waals surface area contributed by atoms with E-state index in [2.05, 4.69) is 4.98 Å². The summed E-state index contributed by atoms with van der Waals surface area (Å²) in [7, 11) is 0. The van der Waals surface area contributed by atoms with Gasteiger partial charge in [0.05, 0.1) is 17.3 Å². The van der Waals surface area contributed by atoms with Crippen LogP contribution in [0.2, 0.25) is 0 Å². The maximum Gasteiger partial charge on any atom is 0.416 e. The highest BCUT2D eigenvalue weighted by atomic mass is 19.4. The zero-order chi connectivity index (χ0) is 19.6. The van der Waals surface area contributed by atoms with Gasteiger partial charge in [0.1, 0.15) is 5.92 Å². The molecule has 1 amide bonds. The number of Topliss-reactive ketones (excluding diaryl/α,β-unsaturated/α-hetero) is 1. The van der Waals surface area contributed by atoms with Crippen molar-refractivity contribution >= 4 is 17.4 Å². The van der Waals surface area contributed by atoms with Crippen molar-refractivity contribution in [3.63, 3.8) is 0 Å². The van der Waals surface area contributed by atoms with Gasteiger partial charge in [0.25, 0.3) is 0 Å². The van der Waals surface area contributed by atoms with Crippen LogP contribution >= 0.6 is 0 Å². The molecule has 5 nitrogen and oxygen atoms in total. The average Bonchev–Trinajstić information content (AvgIpc) is 3.04. The molecular weight excluding hydrogens is 359 g/mol. The molecule has 0 aliphatic carbocycles. The third kappa shape index (κ3) is 3.82. The zero-order valence-electron chi connectivity index (χ0n) is 14.0. The van der Waals surface area contributed by atoms with E-state index in [1.54, 1.807) is 18.2 Å². The van der Waals surface area contributed by atoms with Gasteiger partial charge in [-0.05, 0) is 30.3 Å². The maximum absolute atomic E-state index is 12.9. The van der Waals surface area contributed by atoms with Gasteiger partial charge in [-0.2, -0.15) is 18.4 Å². The van der Waals surface area contributed by atoms with Gasteiger partial charge in [0.15, 0.2) is 5.78 Å². The van der Waals surface area contributed by atoms with Crippen LogP contribution in [0, 0.1) is 17.2 Å². The fourth-order valence-corrected chi connectivity index (χ4v) is 3.06. The Morgan fingerprint density at radius 3 is 2.67 bits per heavy atom. The summed E-state index contributed by atoms with van der Waals surface area (Å²) >= 11 is 0. The molecule has 1 aliphatic rings. The van der Waals surface area contributed by atoms with Gasteiger partial charge in [-0.3, -0.25) is 14.6 Å². The third-order valence-corrected chi connectivity index (χ3v) is 4.41. The monoisotopic (exact) mass is 373 g/mol. The standard InChI is InChI=1S/C19H14F3N3O2/c20-19(21,22)13-4-3-5-14(9-13)25-11-12(8-17(25)26)18(27)15(10-23)16-6-1-2-7-24-16/h1-7,9,12,15H,8,11H2/t12-,15+/m0/s1. The number of anilines is 1. The molecule has 0 spiro atoms. The summed E-state index contributed by atoms with van der Waals surface area (Å²) < 4.78 is 38.7. The average molecular weight is 373 g/mol. The van der Waals surface area contributed by atoms with E-state index in [-0.39, 0.29) is 24.3 Å². The highest BCUT2D eigenvalue weighted by molar-refractivity contribution is 6.02. The van der Waals surface area contributed by atoms with Crippen LogP contribution in [0.15, 0.2) is 48.7 Å². The lowest BCUT2D eigenvalue weighted by Gasteiger charge is -2.18. The van der Waals surface area contributed by atoms with Gasteiger partial charge in [-0.1, -0.05) is 12.1 Å². The van der Waals surface area contributed by atoms with Crippen LogP contribution in [0.3, 0.4) is 0 Å². The van der Waals surface area contributed by atoms with Crippen LogP contribution in [0.25, 0.3) is 0 Å². The Hall–Kier alpha value is -3.21. The van der Waals surface area contributed by atoms with E-state index in [4.69, 9.17) is 0 Å². The van der Waals surface area contributed by atoms with Crippen molar-refractivity contribution in [2.24, 2.45) is 5.92 Å². The predicted octanol–water partition coefficient (Wildman–Crippen LogP) is 3.33. The van der Waals surface area contributed by atoms with Crippen molar-refractivity contribution in [3.05, 3.63) is 59.9 Å². The lowest BCUT2D eigenvalue weighted by Crippen LogP contribution is -2.28. The van der Waals surface area contributed by atoms with Crippen LogP contribution in [0.5, 0.6) is 0 Å². The fourth-order valence-electron chi connectivity index (χ4n) is 3.06. The van der Waals surface area contributed by atoms with Gasteiger partial charge >= 0.3 is 6.18 Å². The van der Waals surface area contributed by atoms with Crippen LogP contribution in [0.4, 0.5) is 18.9 Å². The third-order valence-electron chi connectivity index (χ3n) is 4.41. The smallest absolute Gasteiger partial charge is 0.312 e. The highest BCUT2D eigenvalue weighted by Crippen LogP contribution is 2.34. The van der Waals surface area contributed by atoms with E-state index in [1.165, 1.54) is 18.3 Å². The number of alkyl halides is 3. The Morgan fingerprint density at radius 2 is 2.04 bits per heavy atom. The quantitative estimate of drug-likeness (QED) is 0.824. The first kappa shape index (κ1) is 18.6. The van der Waals surface area contributed by atoms with Crippen molar-refractivity contribution in [3.8, 4) is 6.07 Å². The van der Waals surface area contributed by atoms with E-state index in [0.717, 1.165) is 17.0 Å². The summed E-state index contributed by atoms with van der Waals surface area (Å²) in [5.74, 6) is -2.81. The predicted molar refractivity (Wildman–Crippen MR) is 89.5 cm³/mol. The minimum absolute atomic E-state index is 0.0655. The molecule has 0 bridgehead atoms. The van der Waals surface area contributed by atoms with Gasteiger partial charge in [-0.25, -0.2) is 0 Å². The summed E-state index contributed by atoms with van der Waals surface area (Å²) in [6.07, 6.45) is -3.22. The largest absolute Gasteiger partial charge is 0.416 e. The number of nitrogens with zero attached hydrogens (tertiary/aromatic N) is 3. The Kier molecular flexibility index (Phi) is 4.95. The van der Waals surface area contributed by atoms with Crippen molar-refractivity contribution in [1.82, 2.24) is 4.98 Å². The maximum atomic E-state index is 12.9. The lowest BCUT2D eigenvalue weighted by atomic mass is 9.90. The molecule has 2 aromatic rings. The van der Waals surface area contributed by atoms with Crippen molar-refractivity contribution in [1.29, 1.82) is 5.26 Å². The Balaban J connectivity index is 1.81. The first-order chi connectivity index (χ1) is 12.8. The van der Waals surface area contributed by atoms with E-state index in [0.29, 0.717) is 0 Å². The minimum Gasteiger partial charge on any atom is -0.312 e. The molecule has 2 heterocycles. The summed E-state index contributed by atoms with van der Waals surface area (Å²) in [4.78, 5) is 30.2. The number of hydrogen-bond acceptors (Lipinski definition) is 4. The second-order valence-electron chi connectivity index (χ2n) is 6.17. The number of carbonyl (C=O) groups is 2. The number of hydrogen-bond donors (Lipinski definition) is 0. The van der Waals surface area contributed by atoms with Crippen LogP contribution < -0.4 is 4.90 Å². The Labute approximate surface area is 153 Å². The highest BCUT2D eigenvalue weighted by Gasteiger charge is 2.39. The van der Waals surface area contributed by atoms with E-state index in [1.807, 2.05) is 6.07 Å². The molecule has 27 heavy (non-hydrogen) atoms. The van der Waals surface area contributed by atoms with Crippen molar-refractivity contribution < 1.29 is 22.8 Å². The number of halogens is 3. The molecule has 1 aromatic heterocycles. The number of pyridine rings is 1. The molecule has 0 unspecified atom stereocenters. The molecule has 1 aromatic carbocycles. The second-order valence-corrected chi connectivity index (χ2v) is 6.17. The zero-order valence-corrected chi connectivity index (χ0v) is 14.0. The summed E-state index contributed by atoms with van der Waals surface area (Å²) in [6.45, 7) is -0.0655. The fraction of sp³-hybridized carbons (Fsp3) is 0.263. The van der Waals surface area contributed by atoms with E-state index in [9.17, 15) is 28.0 Å². The Bertz CT molecular complexity index is 906. The number of aromatic nitrogens is 1. The van der Waals surface area contributed by atoms with Gasteiger partial charge in [0.2, 0.25) is 5.91 Å². The van der Waals surface area contributed by atoms with Crippen LogP contribution in [-0.2, 0) is 15.8 Å². The first-order valence-electron chi connectivity index (χ1n) is 8.13. The van der Waals surface area contributed by atoms with E-state index >= 15 is 0 Å². The van der Waals surface area contributed by atoms with Crippen LogP contribution in [-0.4, -0.2) is 23.2 Å². The number of ketones is 1. The topological polar surface area (TPSA) is 74.1 Å². The molecule has 3 rings (SSSR count). The van der Waals surface area contributed by atoms with Crippen molar-refractivity contribution in [2.75, 3.05) is 11.4 Å². The molecule has 8 heteroatoms.